The van der Waals surface area contributed by atoms with Crippen molar-refractivity contribution in [2.45, 2.75) is 325 Å². The molecular formula is C63H115NO13. The Kier molecular flexibility index (Phi) is 44.9. The number of aliphatic hydroxyl groups excluding tert-OH is 8. The van der Waals surface area contributed by atoms with Gasteiger partial charge in [-0.1, -0.05) is 242 Å². The highest BCUT2D eigenvalue weighted by molar-refractivity contribution is 5.76. The molecule has 0 bridgehead atoms. The Hall–Kier alpha value is -2.05. The standard InChI is InChI=1S/C63H115NO13/c1-3-5-7-9-11-13-15-17-19-21-23-25-27-28-30-32-34-36-38-40-42-44-46-52(67)51(50-74-62-60(73)58(71)61(54(49-66)76-62)77-63-59(72)57(70)56(69)53(48-65)75-63)64-55(68)47-45-43-41-39-37-35-33-31-29-26-24-22-20-18-16-14-12-10-8-6-4-2/h6,8,12,14,18,20,24,26,51-54,56-63,65-67,69-73H,3-5,7,9-11,13,15-17,19,21-23,25,27-50H2,1-2H3,(H,64,68)/b8-6-,14-12-,20-18-,26-24-. The van der Waals surface area contributed by atoms with Crippen LogP contribution in [-0.4, -0.2) is 140 Å². The van der Waals surface area contributed by atoms with Gasteiger partial charge in [0.2, 0.25) is 5.91 Å². The lowest BCUT2D eigenvalue weighted by Crippen LogP contribution is -2.65. The maximum Gasteiger partial charge on any atom is 0.220 e. The third-order valence-electron chi connectivity index (χ3n) is 15.3. The van der Waals surface area contributed by atoms with Crippen LogP contribution in [0.1, 0.15) is 251 Å². The summed E-state index contributed by atoms with van der Waals surface area (Å²) in [5.41, 5.74) is 0. The number of carbonyl (C=O) groups excluding carboxylic acids is 1. The Bertz CT molecular complexity index is 1480. The van der Waals surface area contributed by atoms with E-state index in [4.69, 9.17) is 18.9 Å². The molecule has 12 atom stereocenters. The lowest BCUT2D eigenvalue weighted by molar-refractivity contribution is -0.359. The van der Waals surface area contributed by atoms with E-state index in [9.17, 15) is 45.6 Å². The van der Waals surface area contributed by atoms with Crippen LogP contribution in [0.2, 0.25) is 0 Å². The van der Waals surface area contributed by atoms with E-state index < -0.39 is 86.8 Å². The first kappa shape index (κ1) is 71.1. The van der Waals surface area contributed by atoms with Crippen molar-refractivity contribution < 1.29 is 64.6 Å². The Labute approximate surface area is 467 Å². The molecule has 0 radical (unpaired) electrons. The van der Waals surface area contributed by atoms with Gasteiger partial charge in [-0.3, -0.25) is 4.79 Å². The number of nitrogens with one attached hydrogen (secondary N) is 1. The number of aliphatic hydroxyl groups is 8. The van der Waals surface area contributed by atoms with Crippen molar-refractivity contribution in [3.8, 4) is 0 Å². The van der Waals surface area contributed by atoms with Gasteiger partial charge in [0.15, 0.2) is 12.6 Å². The van der Waals surface area contributed by atoms with Gasteiger partial charge in [0, 0.05) is 6.42 Å². The summed E-state index contributed by atoms with van der Waals surface area (Å²) in [5.74, 6) is -0.214. The molecule has 450 valence electrons. The van der Waals surface area contributed by atoms with E-state index in [0.717, 1.165) is 77.0 Å². The summed E-state index contributed by atoms with van der Waals surface area (Å²) < 4.78 is 22.9. The summed E-state index contributed by atoms with van der Waals surface area (Å²) in [5, 5.41) is 87.4. The van der Waals surface area contributed by atoms with E-state index in [1.54, 1.807) is 0 Å². The largest absolute Gasteiger partial charge is 0.394 e. The van der Waals surface area contributed by atoms with E-state index in [1.807, 2.05) is 0 Å². The zero-order valence-corrected chi connectivity index (χ0v) is 48.5. The van der Waals surface area contributed by atoms with Crippen molar-refractivity contribution in [2.75, 3.05) is 19.8 Å². The Morgan fingerprint density at radius 1 is 0.481 bits per heavy atom. The summed E-state index contributed by atoms with van der Waals surface area (Å²) in [6.07, 6.45) is 43.9. The van der Waals surface area contributed by atoms with Crippen molar-refractivity contribution in [3.05, 3.63) is 48.6 Å². The Morgan fingerprint density at radius 3 is 1.38 bits per heavy atom. The average Bonchev–Trinajstić information content (AvgIpc) is 3.44. The van der Waals surface area contributed by atoms with Crippen LogP contribution in [0.15, 0.2) is 48.6 Å². The lowest BCUT2D eigenvalue weighted by atomic mass is 9.97. The maximum absolute atomic E-state index is 13.3. The highest BCUT2D eigenvalue weighted by atomic mass is 16.7. The second-order valence-electron chi connectivity index (χ2n) is 22.2. The van der Waals surface area contributed by atoms with Gasteiger partial charge in [0.05, 0.1) is 32.0 Å². The molecule has 2 fully saturated rings. The minimum Gasteiger partial charge on any atom is -0.394 e. The molecule has 14 heteroatoms. The van der Waals surface area contributed by atoms with Crippen LogP contribution in [0, 0.1) is 0 Å². The summed E-state index contributed by atoms with van der Waals surface area (Å²) in [7, 11) is 0. The van der Waals surface area contributed by atoms with Gasteiger partial charge in [0.1, 0.15) is 48.8 Å². The van der Waals surface area contributed by atoms with Crippen LogP contribution in [0.5, 0.6) is 0 Å². The van der Waals surface area contributed by atoms with E-state index in [0.29, 0.717) is 19.3 Å². The highest BCUT2D eigenvalue weighted by Gasteiger charge is 2.51. The van der Waals surface area contributed by atoms with Crippen LogP contribution in [-0.2, 0) is 23.7 Å². The average molecular weight is 1090 g/mol. The van der Waals surface area contributed by atoms with Crippen LogP contribution in [0.25, 0.3) is 0 Å². The van der Waals surface area contributed by atoms with E-state index in [2.05, 4.69) is 67.8 Å². The molecule has 12 unspecified atom stereocenters. The number of ether oxygens (including phenoxy) is 4. The number of allylic oxidation sites excluding steroid dienone is 8. The number of hydrogen-bond donors (Lipinski definition) is 9. The lowest BCUT2D eigenvalue weighted by Gasteiger charge is -2.46. The van der Waals surface area contributed by atoms with Gasteiger partial charge < -0.3 is 65.1 Å². The number of unbranched alkanes of at least 4 members (excludes halogenated alkanes) is 29. The highest BCUT2D eigenvalue weighted by Crippen LogP contribution is 2.30. The molecule has 0 aliphatic carbocycles. The normalized spacial score (nSPS) is 25.0. The smallest absolute Gasteiger partial charge is 0.220 e. The number of carbonyl (C=O) groups is 1. The minimum absolute atomic E-state index is 0.214. The number of rotatable bonds is 50. The summed E-state index contributed by atoms with van der Waals surface area (Å²) in [6.45, 7) is 2.77. The van der Waals surface area contributed by atoms with E-state index >= 15 is 0 Å². The minimum atomic E-state index is -1.78. The molecule has 0 saturated carbocycles. The van der Waals surface area contributed by atoms with Gasteiger partial charge in [-0.2, -0.15) is 0 Å². The SMILES string of the molecule is CC/C=C\C/C=C\C/C=C\C/C=C\CCCCCCCCCCC(=O)NC(COC1OC(CO)C(OC2OC(CO)C(O)C(O)C2O)C(O)C1O)C(O)CCCCCCCCCCCCCCCCCCCCCCCC. The van der Waals surface area contributed by atoms with Gasteiger partial charge >= 0.3 is 0 Å². The summed E-state index contributed by atoms with van der Waals surface area (Å²) >= 11 is 0. The number of hydrogen-bond acceptors (Lipinski definition) is 13. The second kappa shape index (κ2) is 48.6. The van der Waals surface area contributed by atoms with Gasteiger partial charge in [-0.25, -0.2) is 0 Å². The Morgan fingerprint density at radius 2 is 0.896 bits per heavy atom. The molecule has 1 amide bonds. The molecule has 0 aromatic carbocycles. The van der Waals surface area contributed by atoms with Crippen LogP contribution >= 0.6 is 0 Å². The van der Waals surface area contributed by atoms with E-state index in [-0.39, 0.29) is 12.5 Å². The fraction of sp³-hybridized carbons (Fsp3) is 0.857. The number of amides is 1. The molecule has 0 spiro atoms. The van der Waals surface area contributed by atoms with Gasteiger partial charge in [-0.05, 0) is 51.4 Å². The molecule has 0 aromatic rings. The van der Waals surface area contributed by atoms with Crippen molar-refractivity contribution in [3.63, 3.8) is 0 Å². The first-order valence-corrected chi connectivity index (χ1v) is 31.4. The van der Waals surface area contributed by atoms with Crippen molar-refractivity contribution in [1.82, 2.24) is 5.32 Å². The summed E-state index contributed by atoms with van der Waals surface area (Å²) in [6, 6.07) is -0.835. The van der Waals surface area contributed by atoms with Gasteiger partial charge in [0.25, 0.3) is 0 Å². The molecule has 2 aliphatic heterocycles. The van der Waals surface area contributed by atoms with Crippen molar-refractivity contribution in [1.29, 1.82) is 0 Å². The molecule has 14 nitrogen and oxygen atoms in total. The maximum atomic E-state index is 13.3. The zero-order chi connectivity index (χ0) is 56.0. The third kappa shape index (κ3) is 34.1. The van der Waals surface area contributed by atoms with Crippen LogP contribution in [0.4, 0.5) is 0 Å². The third-order valence-corrected chi connectivity index (χ3v) is 15.3. The van der Waals surface area contributed by atoms with E-state index in [1.165, 1.54) is 141 Å². The first-order chi connectivity index (χ1) is 37.6. The fourth-order valence-corrected chi connectivity index (χ4v) is 10.3. The summed E-state index contributed by atoms with van der Waals surface area (Å²) in [4.78, 5) is 13.3. The molecule has 9 N–H and O–H groups in total. The molecule has 77 heavy (non-hydrogen) atoms. The molecular weight excluding hydrogens is 979 g/mol. The first-order valence-electron chi connectivity index (χ1n) is 31.4. The fourth-order valence-electron chi connectivity index (χ4n) is 10.3. The molecule has 2 saturated heterocycles. The Balaban J connectivity index is 1.74. The monoisotopic (exact) mass is 1090 g/mol. The molecule has 2 heterocycles. The zero-order valence-electron chi connectivity index (χ0n) is 48.5. The second-order valence-corrected chi connectivity index (χ2v) is 22.2. The quantitative estimate of drug-likeness (QED) is 0.0204. The van der Waals surface area contributed by atoms with Crippen molar-refractivity contribution in [2.24, 2.45) is 0 Å². The van der Waals surface area contributed by atoms with Crippen LogP contribution in [0.3, 0.4) is 0 Å². The van der Waals surface area contributed by atoms with Crippen molar-refractivity contribution >= 4 is 5.91 Å². The molecule has 2 rings (SSSR count). The topological polar surface area (TPSA) is 228 Å². The molecule has 0 aromatic heterocycles. The predicted molar refractivity (Wildman–Crippen MR) is 309 cm³/mol. The predicted octanol–water partition coefficient (Wildman–Crippen LogP) is 11.2. The molecule has 2 aliphatic rings. The van der Waals surface area contributed by atoms with Gasteiger partial charge in [-0.15, -0.1) is 0 Å². The van der Waals surface area contributed by atoms with Crippen LogP contribution < -0.4 is 5.32 Å².